The Morgan fingerprint density at radius 3 is 2.44 bits per heavy atom. The number of aryl methyl sites for hydroxylation is 2. The van der Waals surface area contributed by atoms with Gasteiger partial charge in [-0.25, -0.2) is 4.39 Å². The van der Waals surface area contributed by atoms with Gasteiger partial charge in [0.25, 0.3) is 5.91 Å². The summed E-state index contributed by atoms with van der Waals surface area (Å²) in [6.45, 7) is 5.69. The van der Waals surface area contributed by atoms with E-state index < -0.39 is 6.04 Å². The van der Waals surface area contributed by atoms with E-state index in [1.54, 1.807) is 19.1 Å². The minimum atomic E-state index is -0.669. The molecular formula is C26H33FN2O3. The maximum absolute atomic E-state index is 13.3. The zero-order chi connectivity index (χ0) is 23.1. The molecule has 0 saturated heterocycles. The van der Waals surface area contributed by atoms with Crippen molar-refractivity contribution in [2.24, 2.45) is 0 Å². The normalized spacial score (nSPS) is 15.1. The third kappa shape index (κ3) is 6.55. The van der Waals surface area contributed by atoms with Crippen LogP contribution in [0.3, 0.4) is 0 Å². The molecule has 3 rings (SSSR count). The van der Waals surface area contributed by atoms with Crippen molar-refractivity contribution in [3.63, 3.8) is 0 Å². The fourth-order valence-electron chi connectivity index (χ4n) is 4.12. The fourth-order valence-corrected chi connectivity index (χ4v) is 4.12. The second-order valence-electron chi connectivity index (χ2n) is 8.73. The Morgan fingerprint density at radius 2 is 1.78 bits per heavy atom. The van der Waals surface area contributed by atoms with Crippen LogP contribution in [0, 0.1) is 19.7 Å². The summed E-state index contributed by atoms with van der Waals surface area (Å²) < 4.78 is 19.1. The van der Waals surface area contributed by atoms with Gasteiger partial charge in [-0.1, -0.05) is 49.1 Å². The first-order chi connectivity index (χ1) is 15.3. The summed E-state index contributed by atoms with van der Waals surface area (Å²) in [7, 11) is 0. The van der Waals surface area contributed by atoms with Crippen LogP contribution in [0.2, 0.25) is 0 Å². The highest BCUT2D eigenvalue weighted by molar-refractivity contribution is 5.88. The van der Waals surface area contributed by atoms with Gasteiger partial charge in [0, 0.05) is 12.6 Å². The molecule has 6 heteroatoms. The molecule has 2 aromatic rings. The molecule has 0 spiro atoms. The van der Waals surface area contributed by atoms with Gasteiger partial charge in [0.1, 0.15) is 17.6 Å². The third-order valence-corrected chi connectivity index (χ3v) is 6.07. The second kappa shape index (κ2) is 11.1. The number of nitrogens with zero attached hydrogens (tertiary/aromatic N) is 1. The molecule has 1 unspecified atom stereocenters. The van der Waals surface area contributed by atoms with E-state index in [1.165, 1.54) is 23.5 Å². The van der Waals surface area contributed by atoms with Crippen LogP contribution in [0.1, 0.15) is 55.7 Å². The van der Waals surface area contributed by atoms with Crippen molar-refractivity contribution in [1.82, 2.24) is 10.2 Å². The third-order valence-electron chi connectivity index (χ3n) is 6.07. The van der Waals surface area contributed by atoms with Crippen molar-refractivity contribution in [2.45, 2.75) is 71.5 Å². The number of halogens is 1. The molecule has 2 aromatic carbocycles. The highest BCUT2D eigenvalue weighted by Gasteiger charge is 2.28. The fraction of sp³-hybridized carbons (Fsp3) is 0.462. The lowest BCUT2D eigenvalue weighted by molar-refractivity contribution is -0.142. The van der Waals surface area contributed by atoms with Crippen molar-refractivity contribution >= 4 is 11.8 Å². The van der Waals surface area contributed by atoms with Gasteiger partial charge < -0.3 is 15.0 Å². The van der Waals surface area contributed by atoms with Gasteiger partial charge in [-0.2, -0.15) is 0 Å². The predicted molar refractivity (Wildman–Crippen MR) is 123 cm³/mol. The number of ether oxygens (including phenoxy) is 1. The number of carbonyl (C=O) groups excluding carboxylic acids is 2. The van der Waals surface area contributed by atoms with Gasteiger partial charge in [0.15, 0.2) is 6.61 Å². The first-order valence-corrected chi connectivity index (χ1v) is 11.4. The zero-order valence-electron chi connectivity index (χ0n) is 19.2. The molecule has 5 nitrogen and oxygen atoms in total. The minimum absolute atomic E-state index is 0.160. The zero-order valence-corrected chi connectivity index (χ0v) is 19.2. The molecule has 0 aliphatic heterocycles. The van der Waals surface area contributed by atoms with Gasteiger partial charge in [0.2, 0.25) is 5.91 Å². The Hall–Kier alpha value is -2.89. The molecule has 1 saturated carbocycles. The van der Waals surface area contributed by atoms with Crippen LogP contribution in [-0.2, 0) is 16.1 Å². The van der Waals surface area contributed by atoms with E-state index in [0.29, 0.717) is 5.75 Å². The van der Waals surface area contributed by atoms with Crippen LogP contribution in [0.5, 0.6) is 5.75 Å². The summed E-state index contributed by atoms with van der Waals surface area (Å²) in [5.41, 5.74) is 2.82. The number of nitrogens with one attached hydrogen (secondary N) is 1. The van der Waals surface area contributed by atoms with Crippen molar-refractivity contribution in [3.8, 4) is 5.75 Å². The highest BCUT2D eigenvalue weighted by Crippen LogP contribution is 2.20. The van der Waals surface area contributed by atoms with Crippen LogP contribution in [0.4, 0.5) is 4.39 Å². The van der Waals surface area contributed by atoms with E-state index in [4.69, 9.17) is 4.74 Å². The molecule has 0 aromatic heterocycles. The quantitative estimate of drug-likeness (QED) is 0.648. The van der Waals surface area contributed by atoms with Gasteiger partial charge in [0.05, 0.1) is 0 Å². The number of amides is 2. The molecule has 172 valence electrons. The predicted octanol–water partition coefficient (Wildman–Crippen LogP) is 4.69. The Kier molecular flexibility index (Phi) is 8.26. The summed E-state index contributed by atoms with van der Waals surface area (Å²) in [6, 6.07) is 11.2. The summed E-state index contributed by atoms with van der Waals surface area (Å²) in [6.07, 6.45) is 5.37. The number of hydrogen-bond acceptors (Lipinski definition) is 3. The first kappa shape index (κ1) is 23.8. The van der Waals surface area contributed by atoms with E-state index >= 15 is 0 Å². The Balaban J connectivity index is 1.71. The molecule has 32 heavy (non-hydrogen) atoms. The van der Waals surface area contributed by atoms with Gasteiger partial charge in [-0.3, -0.25) is 9.59 Å². The number of benzene rings is 2. The maximum Gasteiger partial charge on any atom is 0.261 e. The van der Waals surface area contributed by atoms with Crippen LogP contribution in [0.15, 0.2) is 42.5 Å². The summed E-state index contributed by atoms with van der Waals surface area (Å²) in [5.74, 6) is -0.155. The number of hydrogen-bond donors (Lipinski definition) is 1. The van der Waals surface area contributed by atoms with E-state index in [2.05, 4.69) is 5.32 Å². The molecular weight excluding hydrogens is 407 g/mol. The number of rotatable bonds is 8. The molecule has 1 atom stereocenters. The lowest BCUT2D eigenvalue weighted by Crippen LogP contribution is -2.51. The number of carbonyl (C=O) groups is 2. The van der Waals surface area contributed by atoms with Gasteiger partial charge in [-0.15, -0.1) is 0 Å². The van der Waals surface area contributed by atoms with Crippen molar-refractivity contribution in [1.29, 1.82) is 0 Å². The topological polar surface area (TPSA) is 58.6 Å². The van der Waals surface area contributed by atoms with E-state index in [1.807, 2.05) is 32.0 Å². The van der Waals surface area contributed by atoms with Gasteiger partial charge in [-0.05, 0) is 62.9 Å². The molecule has 2 amide bonds. The molecule has 0 heterocycles. The SMILES string of the molecule is Cc1ccc(OCC(=O)N(Cc2ccc(F)cc2)C(C)C(=O)NC2CCCCC2)c(C)c1. The van der Waals surface area contributed by atoms with Crippen LogP contribution in [-0.4, -0.2) is 35.4 Å². The Bertz CT molecular complexity index is 923. The Morgan fingerprint density at radius 1 is 1.09 bits per heavy atom. The molecule has 1 N–H and O–H groups in total. The van der Waals surface area contributed by atoms with Crippen LogP contribution < -0.4 is 10.1 Å². The largest absolute Gasteiger partial charge is 0.483 e. The highest BCUT2D eigenvalue weighted by atomic mass is 19.1. The standard InChI is InChI=1S/C26H33FN2O3/c1-18-9-14-24(19(2)15-18)32-17-25(30)29(16-21-10-12-22(27)13-11-21)20(3)26(31)28-23-7-5-4-6-8-23/h9-15,20,23H,4-8,16-17H2,1-3H3,(H,28,31). The van der Waals surface area contributed by atoms with E-state index in [9.17, 15) is 14.0 Å². The van der Waals surface area contributed by atoms with Crippen molar-refractivity contribution < 1.29 is 18.7 Å². The van der Waals surface area contributed by atoms with Crippen LogP contribution >= 0.6 is 0 Å². The molecule has 1 fully saturated rings. The summed E-state index contributed by atoms with van der Waals surface area (Å²) in [5, 5.41) is 3.10. The molecule has 0 bridgehead atoms. The van der Waals surface area contributed by atoms with Gasteiger partial charge >= 0.3 is 0 Å². The second-order valence-corrected chi connectivity index (χ2v) is 8.73. The lowest BCUT2D eigenvalue weighted by Gasteiger charge is -2.31. The Labute approximate surface area is 190 Å². The van der Waals surface area contributed by atoms with Crippen molar-refractivity contribution in [3.05, 3.63) is 65.0 Å². The minimum Gasteiger partial charge on any atom is -0.483 e. The monoisotopic (exact) mass is 440 g/mol. The molecule has 0 radical (unpaired) electrons. The lowest BCUT2D eigenvalue weighted by atomic mass is 9.95. The van der Waals surface area contributed by atoms with Crippen molar-refractivity contribution in [2.75, 3.05) is 6.61 Å². The smallest absolute Gasteiger partial charge is 0.261 e. The average Bonchev–Trinajstić information content (AvgIpc) is 2.78. The van der Waals surface area contributed by atoms with Crippen LogP contribution in [0.25, 0.3) is 0 Å². The van der Waals surface area contributed by atoms with E-state index in [-0.39, 0.29) is 36.8 Å². The summed E-state index contributed by atoms with van der Waals surface area (Å²) in [4.78, 5) is 27.6. The summed E-state index contributed by atoms with van der Waals surface area (Å²) >= 11 is 0. The average molecular weight is 441 g/mol. The van der Waals surface area contributed by atoms with E-state index in [0.717, 1.165) is 42.4 Å². The molecule has 1 aliphatic carbocycles. The maximum atomic E-state index is 13.3. The first-order valence-electron chi connectivity index (χ1n) is 11.4. The molecule has 1 aliphatic rings.